The fourth-order valence-electron chi connectivity index (χ4n) is 2.43. The highest BCUT2D eigenvalue weighted by molar-refractivity contribution is 6.33. The molecule has 1 heterocycles. The van der Waals surface area contributed by atoms with Gasteiger partial charge in [0.2, 0.25) is 0 Å². The molecule has 10 heteroatoms. The molecular formula is C18H15ClN2O7. The van der Waals surface area contributed by atoms with Gasteiger partial charge in [-0.25, -0.2) is 4.79 Å². The molecule has 2 aromatic rings. The van der Waals surface area contributed by atoms with E-state index in [4.69, 9.17) is 25.8 Å². The van der Waals surface area contributed by atoms with Gasteiger partial charge in [-0.1, -0.05) is 11.6 Å². The number of esters is 1. The molecule has 0 aliphatic carbocycles. The third-order valence-corrected chi connectivity index (χ3v) is 4.17. The highest BCUT2D eigenvalue weighted by atomic mass is 35.5. The van der Waals surface area contributed by atoms with Crippen molar-refractivity contribution in [1.82, 2.24) is 0 Å². The fraction of sp³-hybridized carbons (Fsp3) is 0.222. The number of carbonyl (C=O) groups excluding carboxylic acids is 2. The first-order chi connectivity index (χ1) is 13.3. The van der Waals surface area contributed by atoms with Crippen LogP contribution in [0.4, 0.5) is 11.4 Å². The van der Waals surface area contributed by atoms with Crippen molar-refractivity contribution in [3.05, 3.63) is 57.1 Å². The maximum absolute atomic E-state index is 12.3. The molecule has 3 rings (SSSR count). The molecular weight excluding hydrogens is 392 g/mol. The van der Waals surface area contributed by atoms with Gasteiger partial charge in [0.1, 0.15) is 13.2 Å². The molecule has 28 heavy (non-hydrogen) atoms. The first kappa shape index (κ1) is 19.4. The monoisotopic (exact) mass is 406 g/mol. The number of carbonyl (C=O) groups is 2. The number of halogens is 1. The molecule has 146 valence electrons. The summed E-state index contributed by atoms with van der Waals surface area (Å²) in [4.78, 5) is 34.7. The number of amides is 1. The Morgan fingerprint density at radius 1 is 1.18 bits per heavy atom. The van der Waals surface area contributed by atoms with E-state index in [1.807, 2.05) is 0 Å². The fourth-order valence-corrected chi connectivity index (χ4v) is 2.62. The van der Waals surface area contributed by atoms with E-state index in [1.54, 1.807) is 18.2 Å². The molecule has 0 fully saturated rings. The van der Waals surface area contributed by atoms with Crippen molar-refractivity contribution in [2.75, 3.05) is 18.5 Å². The first-order valence-electron chi connectivity index (χ1n) is 8.20. The molecule has 0 saturated heterocycles. The molecule has 1 aliphatic heterocycles. The van der Waals surface area contributed by atoms with E-state index < -0.39 is 22.9 Å². The molecule has 1 aliphatic rings. The number of ether oxygens (including phenoxy) is 3. The highest BCUT2D eigenvalue weighted by Crippen LogP contribution is 2.32. The minimum Gasteiger partial charge on any atom is -0.486 e. The number of benzene rings is 2. The molecule has 0 radical (unpaired) electrons. The van der Waals surface area contributed by atoms with Crippen molar-refractivity contribution >= 4 is 34.9 Å². The predicted octanol–water partition coefficient (Wildman–Crippen LogP) is 3.20. The molecule has 0 saturated carbocycles. The number of fused-ring (bicyclic) bond motifs is 1. The second-order valence-electron chi connectivity index (χ2n) is 5.82. The Bertz CT molecular complexity index is 948. The topological polar surface area (TPSA) is 117 Å². The number of anilines is 1. The van der Waals surface area contributed by atoms with E-state index in [9.17, 15) is 19.7 Å². The van der Waals surface area contributed by atoms with Crippen LogP contribution in [0.3, 0.4) is 0 Å². The molecule has 9 nitrogen and oxygen atoms in total. The molecule has 1 N–H and O–H groups in total. The van der Waals surface area contributed by atoms with Gasteiger partial charge < -0.3 is 19.5 Å². The van der Waals surface area contributed by atoms with Crippen LogP contribution in [0.1, 0.15) is 17.3 Å². The molecule has 0 bridgehead atoms. The maximum Gasteiger partial charge on any atom is 0.340 e. The number of hydrogen-bond acceptors (Lipinski definition) is 7. The quantitative estimate of drug-likeness (QED) is 0.460. The third-order valence-electron chi connectivity index (χ3n) is 3.84. The van der Waals surface area contributed by atoms with Crippen molar-refractivity contribution in [3.8, 4) is 11.5 Å². The van der Waals surface area contributed by atoms with E-state index in [2.05, 4.69) is 5.32 Å². The van der Waals surface area contributed by atoms with Crippen LogP contribution in [-0.2, 0) is 9.53 Å². The minimum absolute atomic E-state index is 0.0185. The summed E-state index contributed by atoms with van der Waals surface area (Å²) in [6.45, 7) is 2.23. The third kappa shape index (κ3) is 4.32. The Balaban J connectivity index is 1.66. The SMILES string of the molecule is CC(OC(=O)c1cc([N+](=O)[O-])ccc1Cl)C(=O)Nc1ccc2c(c1)OCCO2. The lowest BCUT2D eigenvalue weighted by Gasteiger charge is -2.19. The number of non-ortho nitro benzene ring substituents is 1. The Morgan fingerprint density at radius 3 is 2.61 bits per heavy atom. The van der Waals surface area contributed by atoms with Crippen molar-refractivity contribution in [3.63, 3.8) is 0 Å². The molecule has 0 spiro atoms. The summed E-state index contributed by atoms with van der Waals surface area (Å²) in [6.07, 6.45) is -1.17. The van der Waals surface area contributed by atoms with Crippen molar-refractivity contribution in [2.24, 2.45) is 0 Å². The van der Waals surface area contributed by atoms with Crippen LogP contribution in [0.25, 0.3) is 0 Å². The van der Waals surface area contributed by atoms with Gasteiger partial charge in [-0.2, -0.15) is 0 Å². The van der Waals surface area contributed by atoms with Gasteiger partial charge in [0.05, 0.1) is 15.5 Å². The number of nitrogens with zero attached hydrogens (tertiary/aromatic N) is 1. The summed E-state index contributed by atoms with van der Waals surface area (Å²) in [5.41, 5.74) is -0.0786. The predicted molar refractivity (Wildman–Crippen MR) is 99.0 cm³/mol. The summed E-state index contributed by atoms with van der Waals surface area (Å²) < 4.78 is 15.9. The lowest BCUT2D eigenvalue weighted by Crippen LogP contribution is -2.30. The van der Waals surface area contributed by atoms with Crippen LogP contribution in [0, 0.1) is 10.1 Å². The Morgan fingerprint density at radius 2 is 1.89 bits per heavy atom. The Labute approximate surface area is 164 Å². The van der Waals surface area contributed by atoms with Gasteiger partial charge in [-0.05, 0) is 25.1 Å². The normalized spacial score (nSPS) is 13.4. The highest BCUT2D eigenvalue weighted by Gasteiger charge is 2.23. The van der Waals surface area contributed by atoms with Crippen LogP contribution in [0.5, 0.6) is 11.5 Å². The van der Waals surface area contributed by atoms with E-state index in [1.165, 1.54) is 13.0 Å². The summed E-state index contributed by atoms with van der Waals surface area (Å²) in [7, 11) is 0. The van der Waals surface area contributed by atoms with Crippen LogP contribution >= 0.6 is 11.6 Å². The lowest BCUT2D eigenvalue weighted by molar-refractivity contribution is -0.384. The summed E-state index contributed by atoms with van der Waals surface area (Å²) in [5.74, 6) is -0.466. The van der Waals surface area contributed by atoms with Gasteiger partial charge in [-0.15, -0.1) is 0 Å². The van der Waals surface area contributed by atoms with Crippen LogP contribution in [0.15, 0.2) is 36.4 Å². The van der Waals surface area contributed by atoms with E-state index in [-0.39, 0.29) is 16.3 Å². The number of nitrogens with one attached hydrogen (secondary N) is 1. The van der Waals surface area contributed by atoms with Gasteiger partial charge in [0, 0.05) is 23.9 Å². The number of nitro groups is 1. The van der Waals surface area contributed by atoms with Crippen molar-refractivity contribution in [2.45, 2.75) is 13.0 Å². The smallest absolute Gasteiger partial charge is 0.340 e. The van der Waals surface area contributed by atoms with Gasteiger partial charge in [0.25, 0.3) is 11.6 Å². The molecule has 2 aromatic carbocycles. The van der Waals surface area contributed by atoms with Crippen molar-refractivity contribution < 1.29 is 28.7 Å². The Hall–Kier alpha value is -3.33. The summed E-state index contributed by atoms with van der Waals surface area (Å²) in [5, 5.41) is 13.4. The average Bonchev–Trinajstić information content (AvgIpc) is 2.67. The van der Waals surface area contributed by atoms with E-state index in [0.29, 0.717) is 30.4 Å². The van der Waals surface area contributed by atoms with Gasteiger partial charge in [-0.3, -0.25) is 14.9 Å². The standard InChI is InChI=1S/C18H15ClN2O7/c1-10(28-18(23)13-9-12(21(24)25)3-4-14(13)19)17(22)20-11-2-5-15-16(8-11)27-7-6-26-15/h2-5,8-10H,6-7H2,1H3,(H,20,22). The number of hydrogen-bond donors (Lipinski definition) is 1. The Kier molecular flexibility index (Phi) is 5.65. The zero-order valence-electron chi connectivity index (χ0n) is 14.6. The van der Waals surface area contributed by atoms with Crippen LogP contribution in [0.2, 0.25) is 5.02 Å². The summed E-state index contributed by atoms with van der Waals surface area (Å²) >= 11 is 5.91. The second-order valence-corrected chi connectivity index (χ2v) is 6.22. The van der Waals surface area contributed by atoms with Gasteiger partial charge in [0.15, 0.2) is 17.6 Å². The van der Waals surface area contributed by atoms with Crippen LogP contribution in [-0.4, -0.2) is 36.1 Å². The van der Waals surface area contributed by atoms with Crippen LogP contribution < -0.4 is 14.8 Å². The largest absolute Gasteiger partial charge is 0.486 e. The maximum atomic E-state index is 12.3. The van der Waals surface area contributed by atoms with Gasteiger partial charge >= 0.3 is 5.97 Å². The number of nitro benzene ring substituents is 1. The molecule has 1 atom stereocenters. The molecule has 0 aromatic heterocycles. The lowest BCUT2D eigenvalue weighted by atomic mass is 10.2. The van der Waals surface area contributed by atoms with E-state index in [0.717, 1.165) is 12.1 Å². The van der Waals surface area contributed by atoms with E-state index >= 15 is 0 Å². The summed E-state index contributed by atoms with van der Waals surface area (Å²) in [6, 6.07) is 8.25. The zero-order chi connectivity index (χ0) is 20.3. The average molecular weight is 407 g/mol. The van der Waals surface area contributed by atoms with Crippen molar-refractivity contribution in [1.29, 1.82) is 0 Å². The molecule has 1 amide bonds. The minimum atomic E-state index is -1.17. The molecule has 1 unspecified atom stereocenters. The second kappa shape index (κ2) is 8.13. The number of rotatable bonds is 5. The first-order valence-corrected chi connectivity index (χ1v) is 8.58. The zero-order valence-corrected chi connectivity index (χ0v) is 15.4.